The number of fused-ring (bicyclic) bond motifs is 3. The van der Waals surface area contributed by atoms with Crippen molar-refractivity contribution in [3.05, 3.63) is 29.0 Å². The topological polar surface area (TPSA) is 30.2 Å². The molecule has 0 N–H and O–H groups in total. The van der Waals surface area contributed by atoms with Crippen LogP contribution in [0.25, 0.3) is 15.7 Å². The zero-order valence-corrected chi connectivity index (χ0v) is 10.4. The maximum absolute atomic E-state index is 4.30. The molecule has 0 aliphatic heterocycles. The van der Waals surface area contributed by atoms with E-state index in [1.54, 1.807) is 11.3 Å². The Labute approximate surface area is 97.7 Å². The van der Waals surface area contributed by atoms with Gasteiger partial charge in [0.15, 0.2) is 5.65 Å². The van der Waals surface area contributed by atoms with Crippen LogP contribution in [0, 0.1) is 6.92 Å². The summed E-state index contributed by atoms with van der Waals surface area (Å²) in [6.45, 7) is 6.41. The third-order valence-corrected chi connectivity index (χ3v) is 3.96. The summed E-state index contributed by atoms with van der Waals surface area (Å²) in [6, 6.07) is 2.16. The Morgan fingerprint density at radius 1 is 1.31 bits per heavy atom. The molecule has 0 amide bonds. The molecular formula is C12H13N3S. The fourth-order valence-electron chi connectivity index (χ4n) is 1.98. The van der Waals surface area contributed by atoms with E-state index in [-0.39, 0.29) is 0 Å². The van der Waals surface area contributed by atoms with Gasteiger partial charge in [0.25, 0.3) is 0 Å². The summed E-state index contributed by atoms with van der Waals surface area (Å²) in [5.74, 6) is 1.43. The molecular weight excluding hydrogens is 218 g/mol. The molecule has 0 aliphatic carbocycles. The van der Waals surface area contributed by atoms with Gasteiger partial charge in [-0.1, -0.05) is 13.8 Å². The normalized spacial score (nSPS) is 12.0. The van der Waals surface area contributed by atoms with Gasteiger partial charge in [-0.3, -0.25) is 4.40 Å². The lowest BCUT2D eigenvalue weighted by Gasteiger charge is -2.02. The van der Waals surface area contributed by atoms with Crippen molar-refractivity contribution in [2.75, 3.05) is 0 Å². The number of pyridine rings is 1. The highest BCUT2D eigenvalue weighted by atomic mass is 32.1. The zero-order valence-electron chi connectivity index (χ0n) is 9.56. The molecule has 0 unspecified atom stereocenters. The number of aryl methyl sites for hydroxylation is 1. The average molecular weight is 231 g/mol. The van der Waals surface area contributed by atoms with Crippen LogP contribution in [-0.2, 0) is 0 Å². The molecule has 0 saturated carbocycles. The van der Waals surface area contributed by atoms with E-state index >= 15 is 0 Å². The molecule has 0 atom stereocenters. The number of aromatic nitrogens is 3. The lowest BCUT2D eigenvalue weighted by Crippen LogP contribution is -1.96. The van der Waals surface area contributed by atoms with Crippen LogP contribution in [0.4, 0.5) is 0 Å². The molecule has 0 bridgehead atoms. The lowest BCUT2D eigenvalue weighted by atomic mass is 10.2. The van der Waals surface area contributed by atoms with Crippen molar-refractivity contribution in [3.8, 4) is 0 Å². The first-order valence-electron chi connectivity index (χ1n) is 5.40. The highest BCUT2D eigenvalue weighted by Crippen LogP contribution is 2.29. The first kappa shape index (κ1) is 9.78. The molecule has 0 spiro atoms. The minimum atomic E-state index is 0.397. The zero-order chi connectivity index (χ0) is 11.3. The van der Waals surface area contributed by atoms with Crippen LogP contribution in [0.2, 0.25) is 0 Å². The van der Waals surface area contributed by atoms with Gasteiger partial charge in [-0.2, -0.15) is 0 Å². The average Bonchev–Trinajstić information content (AvgIpc) is 2.81. The second-order valence-electron chi connectivity index (χ2n) is 4.38. The van der Waals surface area contributed by atoms with Crippen molar-refractivity contribution >= 4 is 27.1 Å². The van der Waals surface area contributed by atoms with E-state index in [0.29, 0.717) is 5.92 Å². The van der Waals surface area contributed by atoms with Crippen molar-refractivity contribution in [2.45, 2.75) is 26.7 Å². The van der Waals surface area contributed by atoms with Crippen LogP contribution >= 0.6 is 11.3 Å². The molecule has 3 aromatic rings. The van der Waals surface area contributed by atoms with Crippen molar-refractivity contribution in [1.82, 2.24) is 14.6 Å². The van der Waals surface area contributed by atoms with Crippen molar-refractivity contribution in [1.29, 1.82) is 0 Å². The quantitative estimate of drug-likeness (QED) is 0.642. The summed E-state index contributed by atoms with van der Waals surface area (Å²) in [4.78, 5) is 0. The van der Waals surface area contributed by atoms with Crippen molar-refractivity contribution in [3.63, 3.8) is 0 Å². The molecule has 0 saturated heterocycles. The van der Waals surface area contributed by atoms with Gasteiger partial charge in [-0.05, 0) is 23.9 Å². The molecule has 0 aromatic carbocycles. The molecule has 3 aromatic heterocycles. The predicted octanol–water partition coefficient (Wildman–Crippen LogP) is 3.38. The second kappa shape index (κ2) is 3.28. The van der Waals surface area contributed by atoms with E-state index in [4.69, 9.17) is 0 Å². The Kier molecular flexibility index (Phi) is 2.01. The standard InChI is InChI=1S/C12H13N3S/c1-7(2)11-13-14-12-10-9(4-5-15(11)12)8(3)6-16-10/h4-7H,1-3H3. The third kappa shape index (κ3) is 1.19. The first-order chi connectivity index (χ1) is 7.68. The Balaban J connectivity index is 2.45. The van der Waals surface area contributed by atoms with E-state index in [1.165, 1.54) is 15.6 Å². The molecule has 0 radical (unpaired) electrons. The summed E-state index contributed by atoms with van der Waals surface area (Å²) in [5.41, 5.74) is 2.30. The Morgan fingerprint density at radius 3 is 2.88 bits per heavy atom. The van der Waals surface area contributed by atoms with Gasteiger partial charge in [0.2, 0.25) is 0 Å². The molecule has 0 fully saturated rings. The third-order valence-electron chi connectivity index (χ3n) is 2.85. The number of thiophene rings is 1. The smallest absolute Gasteiger partial charge is 0.178 e. The summed E-state index contributed by atoms with van der Waals surface area (Å²) in [6.07, 6.45) is 2.08. The highest BCUT2D eigenvalue weighted by Gasteiger charge is 2.12. The summed E-state index contributed by atoms with van der Waals surface area (Å²) in [7, 11) is 0. The van der Waals surface area contributed by atoms with Gasteiger partial charge in [-0.25, -0.2) is 0 Å². The molecule has 3 heterocycles. The van der Waals surface area contributed by atoms with Gasteiger partial charge >= 0.3 is 0 Å². The minimum absolute atomic E-state index is 0.397. The molecule has 3 rings (SSSR count). The van der Waals surface area contributed by atoms with E-state index in [0.717, 1.165) is 11.5 Å². The predicted molar refractivity (Wildman–Crippen MR) is 67.2 cm³/mol. The lowest BCUT2D eigenvalue weighted by molar-refractivity contribution is 0.759. The SMILES string of the molecule is Cc1csc2c1ccn1c(C(C)C)nnc21. The van der Waals surface area contributed by atoms with Gasteiger partial charge < -0.3 is 0 Å². The van der Waals surface area contributed by atoms with Gasteiger partial charge in [0.05, 0.1) is 4.70 Å². The van der Waals surface area contributed by atoms with Crippen LogP contribution in [0.3, 0.4) is 0 Å². The van der Waals surface area contributed by atoms with E-state index in [9.17, 15) is 0 Å². The summed E-state index contributed by atoms with van der Waals surface area (Å²) < 4.78 is 3.34. The van der Waals surface area contributed by atoms with Crippen LogP contribution < -0.4 is 0 Å². The van der Waals surface area contributed by atoms with E-state index in [1.807, 2.05) is 0 Å². The largest absolute Gasteiger partial charge is 0.285 e. The molecule has 3 nitrogen and oxygen atoms in total. The second-order valence-corrected chi connectivity index (χ2v) is 5.26. The summed E-state index contributed by atoms with van der Waals surface area (Å²) in [5, 5.41) is 12.0. The minimum Gasteiger partial charge on any atom is -0.285 e. The summed E-state index contributed by atoms with van der Waals surface area (Å²) >= 11 is 1.75. The Bertz CT molecular complexity index is 663. The molecule has 0 aliphatic rings. The van der Waals surface area contributed by atoms with Crippen LogP contribution in [-0.4, -0.2) is 14.6 Å². The Hall–Kier alpha value is -1.42. The Morgan fingerprint density at radius 2 is 2.12 bits per heavy atom. The van der Waals surface area contributed by atoms with Gasteiger partial charge in [-0.15, -0.1) is 21.5 Å². The van der Waals surface area contributed by atoms with Gasteiger partial charge in [0, 0.05) is 17.5 Å². The monoisotopic (exact) mass is 231 g/mol. The van der Waals surface area contributed by atoms with E-state index < -0.39 is 0 Å². The van der Waals surface area contributed by atoms with Crippen molar-refractivity contribution in [2.24, 2.45) is 0 Å². The number of rotatable bonds is 1. The first-order valence-corrected chi connectivity index (χ1v) is 6.28. The maximum Gasteiger partial charge on any atom is 0.178 e. The van der Waals surface area contributed by atoms with Crippen molar-refractivity contribution < 1.29 is 0 Å². The fraction of sp³-hybridized carbons (Fsp3) is 0.333. The van der Waals surface area contributed by atoms with Crippen LogP contribution in [0.5, 0.6) is 0 Å². The van der Waals surface area contributed by atoms with E-state index in [2.05, 4.69) is 53.0 Å². The number of hydrogen-bond donors (Lipinski definition) is 0. The molecule has 16 heavy (non-hydrogen) atoms. The molecule has 82 valence electrons. The number of nitrogens with zero attached hydrogens (tertiary/aromatic N) is 3. The fourth-order valence-corrected chi connectivity index (χ4v) is 3.00. The van der Waals surface area contributed by atoms with Crippen LogP contribution in [0.1, 0.15) is 31.2 Å². The number of hydrogen-bond acceptors (Lipinski definition) is 3. The molecule has 4 heteroatoms. The highest BCUT2D eigenvalue weighted by molar-refractivity contribution is 7.18. The van der Waals surface area contributed by atoms with Crippen LogP contribution in [0.15, 0.2) is 17.6 Å². The van der Waals surface area contributed by atoms with Gasteiger partial charge in [0.1, 0.15) is 5.82 Å². The maximum atomic E-state index is 4.30.